The lowest BCUT2D eigenvalue weighted by Crippen LogP contribution is -2.44. The number of rotatable bonds is 7. The largest absolute Gasteiger partial charge is 0.369 e. The normalized spacial score (nSPS) is 20.6. The molecule has 0 bridgehead atoms. The Kier molecular flexibility index (Phi) is 8.15. The Morgan fingerprint density at radius 2 is 2.00 bits per heavy atom. The lowest BCUT2D eigenvalue weighted by molar-refractivity contribution is 0.639. The van der Waals surface area contributed by atoms with E-state index >= 15 is 0 Å². The van der Waals surface area contributed by atoms with Crippen LogP contribution in [0.15, 0.2) is 35.3 Å². The van der Waals surface area contributed by atoms with Crippen LogP contribution < -0.4 is 15.5 Å². The van der Waals surface area contributed by atoms with Crippen molar-refractivity contribution < 1.29 is 0 Å². The molecule has 1 aliphatic heterocycles. The van der Waals surface area contributed by atoms with Crippen LogP contribution in [-0.4, -0.2) is 38.2 Å². The lowest BCUT2D eigenvalue weighted by Gasteiger charge is -2.20. The summed E-state index contributed by atoms with van der Waals surface area (Å²) in [4.78, 5) is 7.20. The summed E-state index contributed by atoms with van der Waals surface area (Å²) in [7, 11) is 0. The number of nitrogens with zero attached hydrogens (tertiary/aromatic N) is 2. The first-order valence-corrected chi connectivity index (χ1v) is 9.20. The molecule has 2 N–H and O–H groups in total. The van der Waals surface area contributed by atoms with Crippen LogP contribution in [0, 0.1) is 5.92 Å². The van der Waals surface area contributed by atoms with Crippen molar-refractivity contribution in [2.75, 3.05) is 31.1 Å². The minimum atomic E-state index is 0. The van der Waals surface area contributed by atoms with Gasteiger partial charge in [0, 0.05) is 37.9 Å². The molecular weight excluding hydrogens is 411 g/mol. The Balaban J connectivity index is 0.00000208. The van der Waals surface area contributed by atoms with E-state index in [1.807, 2.05) is 0 Å². The first kappa shape index (κ1) is 19.3. The fourth-order valence-corrected chi connectivity index (χ4v) is 3.24. The quantitative estimate of drug-likeness (QED) is 0.293. The van der Waals surface area contributed by atoms with Gasteiger partial charge in [0.1, 0.15) is 0 Å². The van der Waals surface area contributed by atoms with Crippen molar-refractivity contribution in [3.8, 4) is 0 Å². The van der Waals surface area contributed by atoms with E-state index < -0.39 is 0 Å². The third kappa shape index (κ3) is 6.15. The molecule has 24 heavy (non-hydrogen) atoms. The van der Waals surface area contributed by atoms with Crippen molar-refractivity contribution in [1.82, 2.24) is 10.6 Å². The molecule has 1 heterocycles. The maximum atomic E-state index is 4.75. The van der Waals surface area contributed by atoms with Gasteiger partial charge in [-0.2, -0.15) is 0 Å². The zero-order chi connectivity index (χ0) is 15.9. The van der Waals surface area contributed by atoms with E-state index in [2.05, 4.69) is 52.8 Å². The van der Waals surface area contributed by atoms with E-state index in [1.54, 1.807) is 0 Å². The molecule has 2 fully saturated rings. The van der Waals surface area contributed by atoms with Gasteiger partial charge in [0.25, 0.3) is 0 Å². The second-order valence-electron chi connectivity index (χ2n) is 6.76. The van der Waals surface area contributed by atoms with Gasteiger partial charge < -0.3 is 15.5 Å². The molecular formula is C19H31IN4. The Labute approximate surface area is 163 Å². The van der Waals surface area contributed by atoms with Crippen LogP contribution in [0.5, 0.6) is 0 Å². The minimum Gasteiger partial charge on any atom is -0.369 e. The summed E-state index contributed by atoms with van der Waals surface area (Å²) in [6.07, 6.45) is 6.64. The van der Waals surface area contributed by atoms with Gasteiger partial charge in [0.05, 0.1) is 0 Å². The van der Waals surface area contributed by atoms with Crippen molar-refractivity contribution in [3.05, 3.63) is 30.3 Å². The number of aliphatic imine (C=N–C) groups is 1. The molecule has 0 amide bonds. The van der Waals surface area contributed by atoms with Crippen molar-refractivity contribution in [2.45, 2.75) is 45.1 Å². The highest BCUT2D eigenvalue weighted by Crippen LogP contribution is 2.33. The van der Waals surface area contributed by atoms with Gasteiger partial charge in [-0.15, -0.1) is 24.0 Å². The molecule has 3 rings (SSSR count). The smallest absolute Gasteiger partial charge is 0.191 e. The Hall–Kier alpha value is -0.980. The van der Waals surface area contributed by atoms with Gasteiger partial charge in [-0.3, -0.25) is 4.99 Å². The van der Waals surface area contributed by atoms with Crippen LogP contribution in [-0.2, 0) is 0 Å². The molecule has 0 radical (unpaired) electrons. The average molecular weight is 442 g/mol. The molecule has 1 saturated carbocycles. The van der Waals surface area contributed by atoms with Crippen LogP contribution >= 0.6 is 24.0 Å². The molecule has 5 heteroatoms. The predicted molar refractivity (Wildman–Crippen MR) is 114 cm³/mol. The van der Waals surface area contributed by atoms with E-state index in [9.17, 15) is 0 Å². The molecule has 1 atom stereocenters. The predicted octanol–water partition coefficient (Wildman–Crippen LogP) is 3.63. The molecule has 134 valence electrons. The molecule has 1 unspecified atom stereocenters. The fraction of sp³-hybridized carbons (Fsp3) is 0.632. The summed E-state index contributed by atoms with van der Waals surface area (Å²) in [5.41, 5.74) is 1.32. The summed E-state index contributed by atoms with van der Waals surface area (Å²) >= 11 is 0. The number of hydrogen-bond acceptors (Lipinski definition) is 2. The van der Waals surface area contributed by atoms with E-state index in [4.69, 9.17) is 4.99 Å². The topological polar surface area (TPSA) is 39.7 Å². The van der Waals surface area contributed by atoms with Crippen molar-refractivity contribution in [1.29, 1.82) is 0 Å². The monoisotopic (exact) mass is 442 g/mol. The van der Waals surface area contributed by atoms with Crippen LogP contribution in [0.2, 0.25) is 0 Å². The molecule has 1 aromatic carbocycles. The van der Waals surface area contributed by atoms with Gasteiger partial charge in [-0.05, 0) is 44.2 Å². The van der Waals surface area contributed by atoms with Crippen LogP contribution in [0.1, 0.15) is 39.0 Å². The molecule has 4 nitrogen and oxygen atoms in total. The highest BCUT2D eigenvalue weighted by molar-refractivity contribution is 14.0. The summed E-state index contributed by atoms with van der Waals surface area (Å²) in [6.45, 7) is 6.16. The zero-order valence-corrected chi connectivity index (χ0v) is 17.0. The number of hydrogen-bond donors (Lipinski definition) is 2. The molecule has 0 aromatic heterocycles. The summed E-state index contributed by atoms with van der Waals surface area (Å²) < 4.78 is 0. The van der Waals surface area contributed by atoms with Crippen LogP contribution in [0.25, 0.3) is 0 Å². The highest BCUT2D eigenvalue weighted by Gasteiger charge is 2.23. The summed E-state index contributed by atoms with van der Waals surface area (Å²) in [6, 6.07) is 11.2. The van der Waals surface area contributed by atoms with Crippen molar-refractivity contribution in [3.63, 3.8) is 0 Å². The maximum Gasteiger partial charge on any atom is 0.191 e. The van der Waals surface area contributed by atoms with E-state index in [0.717, 1.165) is 38.1 Å². The second kappa shape index (κ2) is 10.1. The van der Waals surface area contributed by atoms with Crippen LogP contribution in [0.3, 0.4) is 0 Å². The number of anilines is 1. The second-order valence-corrected chi connectivity index (χ2v) is 6.76. The van der Waals surface area contributed by atoms with Crippen molar-refractivity contribution in [2.24, 2.45) is 10.9 Å². The SMILES string of the molecule is CCNC(=NCCCC1CC1)NC1CCN(c2ccccc2)C1.I. The summed E-state index contributed by atoms with van der Waals surface area (Å²) in [5, 5.41) is 7.01. The average Bonchev–Trinajstić information content (AvgIpc) is 3.29. The van der Waals surface area contributed by atoms with Gasteiger partial charge in [0.15, 0.2) is 5.96 Å². The van der Waals surface area contributed by atoms with Crippen LogP contribution in [0.4, 0.5) is 5.69 Å². The van der Waals surface area contributed by atoms with Gasteiger partial charge >= 0.3 is 0 Å². The number of nitrogens with one attached hydrogen (secondary N) is 2. The summed E-state index contributed by atoms with van der Waals surface area (Å²) in [5.74, 6) is 2.00. The Bertz CT molecular complexity index is 501. The van der Waals surface area contributed by atoms with Crippen molar-refractivity contribution >= 4 is 35.6 Å². The molecule has 0 spiro atoms. The van der Waals surface area contributed by atoms with E-state index in [1.165, 1.54) is 37.8 Å². The lowest BCUT2D eigenvalue weighted by atomic mass is 10.2. The van der Waals surface area contributed by atoms with Gasteiger partial charge in [-0.1, -0.05) is 31.0 Å². The molecule has 2 aliphatic rings. The standard InChI is InChI=1S/C19H30N4.HI/c1-2-20-19(21-13-6-7-16-10-11-16)22-17-12-14-23(15-17)18-8-4-3-5-9-18;/h3-5,8-9,16-17H,2,6-7,10-15H2,1H3,(H2,20,21,22);1H. The highest BCUT2D eigenvalue weighted by atomic mass is 127. The maximum absolute atomic E-state index is 4.75. The molecule has 1 aliphatic carbocycles. The fourth-order valence-electron chi connectivity index (χ4n) is 3.24. The van der Waals surface area contributed by atoms with E-state index in [-0.39, 0.29) is 24.0 Å². The third-order valence-electron chi connectivity index (χ3n) is 4.73. The molecule has 1 aromatic rings. The number of benzene rings is 1. The zero-order valence-electron chi connectivity index (χ0n) is 14.7. The molecule has 1 saturated heterocycles. The first-order chi connectivity index (χ1) is 11.3. The van der Waals surface area contributed by atoms with E-state index in [0.29, 0.717) is 6.04 Å². The Morgan fingerprint density at radius 3 is 2.71 bits per heavy atom. The first-order valence-electron chi connectivity index (χ1n) is 9.20. The van der Waals surface area contributed by atoms with Gasteiger partial charge in [-0.25, -0.2) is 0 Å². The minimum absolute atomic E-state index is 0. The Morgan fingerprint density at radius 1 is 1.21 bits per heavy atom. The third-order valence-corrected chi connectivity index (χ3v) is 4.73. The number of guanidine groups is 1. The van der Waals surface area contributed by atoms with Gasteiger partial charge in [0.2, 0.25) is 0 Å². The number of halogens is 1. The number of para-hydroxylation sites is 1.